The molecule has 0 rings (SSSR count). The summed E-state index contributed by atoms with van der Waals surface area (Å²) >= 11 is 0. The van der Waals surface area contributed by atoms with Crippen molar-refractivity contribution in [3.8, 4) is 0 Å². The van der Waals surface area contributed by atoms with E-state index in [1.165, 1.54) is 122 Å². The highest BCUT2D eigenvalue weighted by Crippen LogP contribution is 2.16. The Kier molecular flexibility index (Phi) is 36.6. The predicted octanol–water partition coefficient (Wildman–Crippen LogP) is 14.0. The molecule has 6 nitrogen and oxygen atoms in total. The van der Waals surface area contributed by atoms with Crippen LogP contribution in [0.5, 0.6) is 0 Å². The van der Waals surface area contributed by atoms with Gasteiger partial charge >= 0.3 is 17.9 Å². The summed E-state index contributed by atoms with van der Waals surface area (Å²) in [6.45, 7) is 13.6. The van der Waals surface area contributed by atoms with E-state index in [4.69, 9.17) is 14.2 Å². The maximum atomic E-state index is 12.7. The monoisotopic (exact) mass is 737 g/mol. The van der Waals surface area contributed by atoms with Crippen molar-refractivity contribution in [3.63, 3.8) is 0 Å². The predicted molar refractivity (Wildman–Crippen MR) is 219 cm³/mol. The van der Waals surface area contributed by atoms with Crippen LogP contribution in [-0.2, 0) is 28.6 Å². The fourth-order valence-electron chi connectivity index (χ4n) is 6.70. The molecule has 0 N–H and O–H groups in total. The van der Waals surface area contributed by atoms with Gasteiger partial charge in [-0.05, 0) is 37.0 Å². The molecule has 0 saturated carbocycles. The lowest BCUT2D eigenvalue weighted by atomic mass is 10.0. The summed E-state index contributed by atoms with van der Waals surface area (Å²) in [5.41, 5.74) is 0. The highest BCUT2D eigenvalue weighted by atomic mass is 16.6. The van der Waals surface area contributed by atoms with Gasteiger partial charge in [0, 0.05) is 19.3 Å². The minimum atomic E-state index is -0.762. The quantitative estimate of drug-likeness (QED) is 0.0355. The SMILES string of the molecule is CC(C)CCCCCCCCCCCCC(=O)OC[C@H](COC(=O)CCCCCCCCCCCC(C)C)OC(=O)CCCCCCCCC(C)C. The van der Waals surface area contributed by atoms with Crippen molar-refractivity contribution < 1.29 is 28.6 Å². The summed E-state index contributed by atoms with van der Waals surface area (Å²) in [5, 5.41) is 0. The Morgan fingerprint density at radius 3 is 0.827 bits per heavy atom. The van der Waals surface area contributed by atoms with E-state index in [0.717, 1.165) is 75.5 Å². The lowest BCUT2D eigenvalue weighted by Gasteiger charge is -2.18. The van der Waals surface area contributed by atoms with Crippen LogP contribution in [0.25, 0.3) is 0 Å². The zero-order valence-electron chi connectivity index (χ0n) is 35.6. The number of carbonyl (C=O) groups excluding carboxylic acids is 3. The highest BCUT2D eigenvalue weighted by molar-refractivity contribution is 5.71. The third-order valence-corrected chi connectivity index (χ3v) is 10.1. The van der Waals surface area contributed by atoms with Gasteiger partial charge in [-0.2, -0.15) is 0 Å². The summed E-state index contributed by atoms with van der Waals surface area (Å²) in [4.78, 5) is 37.6. The molecule has 0 aromatic rings. The Morgan fingerprint density at radius 2 is 0.558 bits per heavy atom. The van der Waals surface area contributed by atoms with Crippen LogP contribution >= 0.6 is 0 Å². The Bertz CT molecular complexity index is 807. The normalized spacial score (nSPS) is 12.2. The summed E-state index contributed by atoms with van der Waals surface area (Å²) in [5.74, 6) is 1.52. The van der Waals surface area contributed by atoms with E-state index < -0.39 is 6.10 Å². The molecule has 0 amide bonds. The van der Waals surface area contributed by atoms with Gasteiger partial charge in [-0.3, -0.25) is 14.4 Å². The zero-order valence-corrected chi connectivity index (χ0v) is 35.6. The first-order valence-corrected chi connectivity index (χ1v) is 22.6. The fourth-order valence-corrected chi connectivity index (χ4v) is 6.70. The van der Waals surface area contributed by atoms with Crippen molar-refractivity contribution >= 4 is 17.9 Å². The van der Waals surface area contributed by atoms with Crippen LogP contribution in [0.3, 0.4) is 0 Å². The Hall–Kier alpha value is -1.59. The first-order chi connectivity index (χ1) is 25.1. The molecule has 0 aliphatic carbocycles. The molecule has 0 radical (unpaired) electrons. The van der Waals surface area contributed by atoms with Crippen molar-refractivity contribution in [3.05, 3.63) is 0 Å². The molecule has 0 aromatic heterocycles. The van der Waals surface area contributed by atoms with Gasteiger partial charge in [-0.1, -0.05) is 202 Å². The van der Waals surface area contributed by atoms with Crippen molar-refractivity contribution in [2.24, 2.45) is 17.8 Å². The zero-order chi connectivity index (χ0) is 38.5. The average Bonchev–Trinajstić information content (AvgIpc) is 3.09. The molecule has 0 bridgehead atoms. The molecule has 0 saturated heterocycles. The Labute approximate surface area is 323 Å². The van der Waals surface area contributed by atoms with Crippen LogP contribution in [0.15, 0.2) is 0 Å². The summed E-state index contributed by atoms with van der Waals surface area (Å²) in [6, 6.07) is 0. The minimum absolute atomic E-state index is 0.0671. The van der Waals surface area contributed by atoms with Gasteiger partial charge in [0.25, 0.3) is 0 Å². The molecular formula is C46H88O6. The molecule has 0 aliphatic heterocycles. The molecule has 0 heterocycles. The molecule has 308 valence electrons. The lowest BCUT2D eigenvalue weighted by molar-refractivity contribution is -0.167. The topological polar surface area (TPSA) is 78.9 Å². The number of hydrogen-bond donors (Lipinski definition) is 0. The maximum absolute atomic E-state index is 12.7. The van der Waals surface area contributed by atoms with Gasteiger partial charge in [-0.15, -0.1) is 0 Å². The highest BCUT2D eigenvalue weighted by Gasteiger charge is 2.19. The Morgan fingerprint density at radius 1 is 0.327 bits per heavy atom. The van der Waals surface area contributed by atoms with E-state index in [9.17, 15) is 14.4 Å². The smallest absolute Gasteiger partial charge is 0.306 e. The number of unbranched alkanes of at least 4 members (excludes halogenated alkanes) is 22. The van der Waals surface area contributed by atoms with Crippen LogP contribution in [0.2, 0.25) is 0 Å². The number of ether oxygens (including phenoxy) is 3. The van der Waals surface area contributed by atoms with E-state index >= 15 is 0 Å². The largest absolute Gasteiger partial charge is 0.462 e. The second-order valence-electron chi connectivity index (χ2n) is 17.1. The second-order valence-corrected chi connectivity index (χ2v) is 17.1. The molecule has 0 aliphatic rings. The van der Waals surface area contributed by atoms with E-state index in [0.29, 0.717) is 19.3 Å². The van der Waals surface area contributed by atoms with Gasteiger partial charge in [0.15, 0.2) is 6.10 Å². The molecule has 52 heavy (non-hydrogen) atoms. The number of rotatable bonds is 39. The van der Waals surface area contributed by atoms with Crippen molar-refractivity contribution in [1.29, 1.82) is 0 Å². The van der Waals surface area contributed by atoms with E-state index in [2.05, 4.69) is 41.5 Å². The number of esters is 3. The molecule has 0 unspecified atom stereocenters. The van der Waals surface area contributed by atoms with E-state index in [1.54, 1.807) is 0 Å². The third kappa shape index (κ3) is 39.6. The summed E-state index contributed by atoms with van der Waals surface area (Å²) in [7, 11) is 0. The van der Waals surface area contributed by atoms with Crippen molar-refractivity contribution in [2.75, 3.05) is 13.2 Å². The maximum Gasteiger partial charge on any atom is 0.306 e. The first kappa shape index (κ1) is 50.4. The molecule has 6 heteroatoms. The second kappa shape index (κ2) is 37.7. The van der Waals surface area contributed by atoms with Crippen LogP contribution in [0.1, 0.15) is 241 Å². The van der Waals surface area contributed by atoms with Crippen LogP contribution < -0.4 is 0 Å². The molecular weight excluding hydrogens is 648 g/mol. The van der Waals surface area contributed by atoms with E-state index in [-0.39, 0.29) is 31.1 Å². The minimum Gasteiger partial charge on any atom is -0.462 e. The van der Waals surface area contributed by atoms with Crippen LogP contribution in [0.4, 0.5) is 0 Å². The lowest BCUT2D eigenvalue weighted by Crippen LogP contribution is -2.30. The standard InChI is InChI=1S/C46H88O6/c1-40(2)32-26-20-14-10-7-8-12-16-23-29-35-44(47)50-38-43(52-46(49)37-31-25-19-18-22-28-34-42(5)6)39-51-45(48)36-30-24-17-13-9-11-15-21-27-33-41(3)4/h40-43H,7-39H2,1-6H3/t43-/m1/s1. The Balaban J connectivity index is 4.32. The van der Waals surface area contributed by atoms with Crippen molar-refractivity contribution in [2.45, 2.75) is 247 Å². The molecule has 0 spiro atoms. The average molecular weight is 737 g/mol. The first-order valence-electron chi connectivity index (χ1n) is 22.6. The van der Waals surface area contributed by atoms with Gasteiger partial charge < -0.3 is 14.2 Å². The van der Waals surface area contributed by atoms with Crippen LogP contribution in [0, 0.1) is 17.8 Å². The van der Waals surface area contributed by atoms with E-state index in [1.807, 2.05) is 0 Å². The van der Waals surface area contributed by atoms with Gasteiger partial charge in [-0.25, -0.2) is 0 Å². The third-order valence-electron chi connectivity index (χ3n) is 10.1. The van der Waals surface area contributed by atoms with Crippen molar-refractivity contribution in [1.82, 2.24) is 0 Å². The summed E-state index contributed by atoms with van der Waals surface area (Å²) < 4.78 is 16.7. The molecule has 0 aromatic carbocycles. The molecule has 1 atom stereocenters. The van der Waals surface area contributed by atoms with Crippen LogP contribution in [-0.4, -0.2) is 37.2 Å². The molecule has 0 fully saturated rings. The fraction of sp³-hybridized carbons (Fsp3) is 0.935. The summed E-state index contributed by atoms with van der Waals surface area (Å²) in [6.07, 6.45) is 33.9. The van der Waals surface area contributed by atoms with Gasteiger partial charge in [0.2, 0.25) is 0 Å². The number of hydrogen-bond acceptors (Lipinski definition) is 6. The number of carbonyl (C=O) groups is 3. The van der Waals surface area contributed by atoms with Gasteiger partial charge in [0.1, 0.15) is 13.2 Å². The van der Waals surface area contributed by atoms with Gasteiger partial charge in [0.05, 0.1) is 0 Å².